The van der Waals surface area contributed by atoms with Crippen LogP contribution >= 0.6 is 0 Å². The minimum Gasteiger partial charge on any atom is -0.481 e. The molecule has 0 aromatic heterocycles. The van der Waals surface area contributed by atoms with Crippen LogP contribution in [0.2, 0.25) is 0 Å². The van der Waals surface area contributed by atoms with Gasteiger partial charge in [-0.15, -0.1) is 0 Å². The van der Waals surface area contributed by atoms with Crippen LogP contribution in [-0.4, -0.2) is 11.1 Å². The first-order valence-electron chi connectivity index (χ1n) is 6.57. The number of aliphatic carboxylic acids is 1. The number of rotatable bonds is 1. The lowest BCUT2D eigenvalue weighted by molar-refractivity contribution is -0.148. The second kappa shape index (κ2) is 3.86. The predicted molar refractivity (Wildman–Crippen MR) is 66.0 cm³/mol. The Morgan fingerprint density at radius 1 is 1.24 bits per heavy atom. The van der Waals surface area contributed by atoms with Crippen LogP contribution in [0.5, 0.6) is 0 Å². The maximum Gasteiger partial charge on any atom is 0.314 e. The summed E-state index contributed by atoms with van der Waals surface area (Å²) in [6.45, 7) is 0. The third-order valence-electron chi connectivity index (χ3n) is 4.71. The maximum absolute atomic E-state index is 11.9. The number of carboxylic acid groups (broad SMARTS) is 1. The zero-order valence-corrected chi connectivity index (χ0v) is 9.98. The Morgan fingerprint density at radius 2 is 2.06 bits per heavy atom. The zero-order chi connectivity index (χ0) is 11.9. The highest BCUT2D eigenvalue weighted by atomic mass is 16.4. The summed E-state index contributed by atoms with van der Waals surface area (Å²) in [7, 11) is 0. The highest BCUT2D eigenvalue weighted by molar-refractivity contribution is 5.83. The maximum atomic E-state index is 11.9. The van der Waals surface area contributed by atoms with E-state index in [-0.39, 0.29) is 0 Å². The SMILES string of the molecule is O=C(O)C12CCCCC1CCc1ccccc12. The van der Waals surface area contributed by atoms with Crippen LogP contribution in [0.25, 0.3) is 0 Å². The van der Waals surface area contributed by atoms with E-state index in [0.717, 1.165) is 37.7 Å². The molecule has 0 spiro atoms. The summed E-state index contributed by atoms with van der Waals surface area (Å²) >= 11 is 0. The number of benzene rings is 1. The van der Waals surface area contributed by atoms with Crippen LogP contribution in [0.4, 0.5) is 0 Å². The van der Waals surface area contributed by atoms with E-state index in [1.165, 1.54) is 12.0 Å². The number of fused-ring (bicyclic) bond motifs is 3. The van der Waals surface area contributed by atoms with E-state index in [1.807, 2.05) is 18.2 Å². The van der Waals surface area contributed by atoms with Crippen molar-refractivity contribution in [3.8, 4) is 0 Å². The molecule has 17 heavy (non-hydrogen) atoms. The Balaban J connectivity index is 2.18. The van der Waals surface area contributed by atoms with Gasteiger partial charge >= 0.3 is 5.97 Å². The minimum absolute atomic E-state index is 0.351. The van der Waals surface area contributed by atoms with Gasteiger partial charge in [-0.2, -0.15) is 0 Å². The summed E-state index contributed by atoms with van der Waals surface area (Å²) in [5.74, 6) is -0.252. The molecule has 2 aliphatic carbocycles. The van der Waals surface area contributed by atoms with Crippen LogP contribution in [0.15, 0.2) is 24.3 Å². The lowest BCUT2D eigenvalue weighted by Crippen LogP contribution is -2.48. The average Bonchev–Trinajstić information content (AvgIpc) is 2.38. The van der Waals surface area contributed by atoms with Gasteiger partial charge < -0.3 is 5.11 Å². The van der Waals surface area contributed by atoms with Crippen molar-refractivity contribution in [2.75, 3.05) is 0 Å². The average molecular weight is 230 g/mol. The molecule has 1 aromatic rings. The molecule has 1 N–H and O–H groups in total. The molecule has 0 bridgehead atoms. The smallest absolute Gasteiger partial charge is 0.314 e. The predicted octanol–water partition coefficient (Wildman–Crippen LogP) is 3.15. The zero-order valence-electron chi connectivity index (χ0n) is 9.98. The van der Waals surface area contributed by atoms with E-state index in [0.29, 0.717) is 5.92 Å². The van der Waals surface area contributed by atoms with Gasteiger partial charge in [0.15, 0.2) is 0 Å². The minimum atomic E-state index is -0.602. The fourth-order valence-corrected chi connectivity index (χ4v) is 3.89. The molecule has 2 aliphatic rings. The molecular weight excluding hydrogens is 212 g/mol. The molecule has 0 heterocycles. The standard InChI is InChI=1S/C15H18O2/c16-14(17)15-10-4-3-6-12(15)9-8-11-5-1-2-7-13(11)15/h1-2,5,7,12H,3-4,6,8-10H2,(H,16,17). The molecule has 1 aromatic carbocycles. The van der Waals surface area contributed by atoms with E-state index < -0.39 is 11.4 Å². The van der Waals surface area contributed by atoms with Gasteiger partial charge in [-0.3, -0.25) is 4.79 Å². The molecule has 90 valence electrons. The van der Waals surface area contributed by atoms with Crippen molar-refractivity contribution in [3.63, 3.8) is 0 Å². The van der Waals surface area contributed by atoms with Crippen molar-refractivity contribution >= 4 is 5.97 Å². The van der Waals surface area contributed by atoms with Crippen molar-refractivity contribution in [3.05, 3.63) is 35.4 Å². The van der Waals surface area contributed by atoms with E-state index in [2.05, 4.69) is 6.07 Å². The second-order valence-electron chi connectivity index (χ2n) is 5.42. The summed E-state index contributed by atoms with van der Waals surface area (Å²) in [5.41, 5.74) is 1.78. The second-order valence-corrected chi connectivity index (χ2v) is 5.42. The third-order valence-corrected chi connectivity index (χ3v) is 4.71. The molecule has 2 unspecified atom stereocenters. The number of hydrogen-bond acceptors (Lipinski definition) is 1. The monoisotopic (exact) mass is 230 g/mol. The van der Waals surface area contributed by atoms with Gasteiger partial charge in [-0.25, -0.2) is 0 Å². The summed E-state index contributed by atoms with van der Waals surface area (Å²) in [4.78, 5) is 11.9. The van der Waals surface area contributed by atoms with Crippen LogP contribution < -0.4 is 0 Å². The van der Waals surface area contributed by atoms with Crippen LogP contribution in [0, 0.1) is 5.92 Å². The number of aryl methyl sites for hydroxylation is 1. The Labute approximate surface area is 102 Å². The van der Waals surface area contributed by atoms with Gasteiger partial charge in [0, 0.05) is 0 Å². The molecule has 0 aliphatic heterocycles. The third kappa shape index (κ3) is 1.43. The van der Waals surface area contributed by atoms with Crippen molar-refractivity contribution in [2.45, 2.75) is 43.9 Å². The Morgan fingerprint density at radius 3 is 2.88 bits per heavy atom. The van der Waals surface area contributed by atoms with E-state index in [9.17, 15) is 9.90 Å². The summed E-state index contributed by atoms with van der Waals surface area (Å²) in [6.07, 6.45) is 6.25. The summed E-state index contributed by atoms with van der Waals surface area (Å²) < 4.78 is 0. The van der Waals surface area contributed by atoms with Crippen molar-refractivity contribution in [1.82, 2.24) is 0 Å². The van der Waals surface area contributed by atoms with Gasteiger partial charge in [0.1, 0.15) is 0 Å². The van der Waals surface area contributed by atoms with Crippen LogP contribution in [0.1, 0.15) is 43.2 Å². The van der Waals surface area contributed by atoms with Gasteiger partial charge in [0.05, 0.1) is 5.41 Å². The summed E-state index contributed by atoms with van der Waals surface area (Å²) in [6, 6.07) is 8.16. The number of carboxylic acids is 1. The van der Waals surface area contributed by atoms with Gasteiger partial charge in [0.25, 0.3) is 0 Å². The molecule has 3 rings (SSSR count). The topological polar surface area (TPSA) is 37.3 Å². The lowest BCUT2D eigenvalue weighted by Gasteiger charge is -2.45. The van der Waals surface area contributed by atoms with Crippen molar-refractivity contribution < 1.29 is 9.90 Å². The largest absolute Gasteiger partial charge is 0.481 e. The molecule has 1 fully saturated rings. The molecule has 2 atom stereocenters. The van der Waals surface area contributed by atoms with Gasteiger partial charge in [0.2, 0.25) is 0 Å². The van der Waals surface area contributed by atoms with E-state index in [4.69, 9.17) is 0 Å². The molecule has 2 heteroatoms. The van der Waals surface area contributed by atoms with Gasteiger partial charge in [-0.05, 0) is 42.7 Å². The molecular formula is C15H18O2. The Bertz CT molecular complexity index is 452. The van der Waals surface area contributed by atoms with Crippen LogP contribution in [0.3, 0.4) is 0 Å². The van der Waals surface area contributed by atoms with Gasteiger partial charge in [-0.1, -0.05) is 37.1 Å². The number of hydrogen-bond donors (Lipinski definition) is 1. The molecule has 2 nitrogen and oxygen atoms in total. The molecule has 0 saturated heterocycles. The van der Waals surface area contributed by atoms with Crippen molar-refractivity contribution in [2.24, 2.45) is 5.92 Å². The lowest BCUT2D eigenvalue weighted by atomic mass is 9.57. The molecule has 0 radical (unpaired) electrons. The number of carbonyl (C=O) groups is 1. The van der Waals surface area contributed by atoms with E-state index in [1.54, 1.807) is 0 Å². The Hall–Kier alpha value is -1.31. The first-order chi connectivity index (χ1) is 8.25. The highest BCUT2D eigenvalue weighted by Crippen LogP contribution is 2.50. The first kappa shape index (κ1) is 10.8. The van der Waals surface area contributed by atoms with E-state index >= 15 is 0 Å². The quantitative estimate of drug-likeness (QED) is 0.804. The molecule has 0 amide bonds. The normalized spacial score (nSPS) is 31.4. The fraction of sp³-hybridized carbons (Fsp3) is 0.533. The first-order valence-corrected chi connectivity index (χ1v) is 6.57. The Kier molecular flexibility index (Phi) is 2.46. The fourth-order valence-electron chi connectivity index (χ4n) is 3.89. The van der Waals surface area contributed by atoms with Crippen LogP contribution in [-0.2, 0) is 16.6 Å². The van der Waals surface area contributed by atoms with Crippen molar-refractivity contribution in [1.29, 1.82) is 0 Å². The highest BCUT2D eigenvalue weighted by Gasteiger charge is 2.50. The summed E-state index contributed by atoms with van der Waals surface area (Å²) in [5, 5.41) is 9.77. The molecule has 1 saturated carbocycles.